The number of carbonyl (C=O) groups is 2. The molecule has 2 aromatic rings. The van der Waals surface area contributed by atoms with Crippen LogP contribution in [0.25, 0.3) is 0 Å². The van der Waals surface area contributed by atoms with E-state index in [4.69, 9.17) is 0 Å². The first kappa shape index (κ1) is 20.2. The lowest BCUT2D eigenvalue weighted by atomic mass is 9.85. The normalized spacial score (nSPS) is 18.1. The van der Waals surface area contributed by atoms with E-state index in [9.17, 15) is 19.1 Å². The third-order valence-electron chi connectivity index (χ3n) is 4.83. The highest BCUT2D eigenvalue weighted by Gasteiger charge is 2.37. The zero-order chi connectivity index (χ0) is 20.5. The van der Waals surface area contributed by atoms with Gasteiger partial charge in [0.2, 0.25) is 11.7 Å². The fraction of sp³-hybridized carbons (Fsp3) is 0.474. The number of amides is 1. The van der Waals surface area contributed by atoms with Crippen LogP contribution in [0.15, 0.2) is 24.5 Å². The summed E-state index contributed by atoms with van der Waals surface area (Å²) in [5.74, 6) is -1.26. The minimum absolute atomic E-state index is 0.0850. The molecule has 1 unspecified atom stereocenters. The lowest BCUT2D eigenvalue weighted by molar-refractivity contribution is 0.0902. The van der Waals surface area contributed by atoms with Gasteiger partial charge in [-0.15, -0.1) is 0 Å². The van der Waals surface area contributed by atoms with Crippen molar-refractivity contribution in [2.75, 3.05) is 24.5 Å². The zero-order valence-corrected chi connectivity index (χ0v) is 16.9. The van der Waals surface area contributed by atoms with Gasteiger partial charge in [-0.2, -0.15) is 4.39 Å². The number of nitrogens with zero attached hydrogens (tertiary/aromatic N) is 4. The average molecular weight is 406 g/mol. The minimum atomic E-state index is -0.927. The number of ketones is 1. The summed E-state index contributed by atoms with van der Waals surface area (Å²) in [5, 5.41) is 10.2. The summed E-state index contributed by atoms with van der Waals surface area (Å²) in [6.07, 6.45) is 2.48. The molecule has 28 heavy (non-hydrogen) atoms. The molecule has 0 aromatic carbocycles. The third kappa shape index (κ3) is 4.14. The number of thiazole rings is 1. The van der Waals surface area contributed by atoms with Gasteiger partial charge in [-0.3, -0.25) is 4.79 Å². The maximum atomic E-state index is 13.8. The van der Waals surface area contributed by atoms with Crippen LogP contribution in [0.3, 0.4) is 0 Å². The number of hydrogen-bond acceptors (Lipinski definition) is 6. The average Bonchev–Trinajstić information content (AvgIpc) is 2.99. The summed E-state index contributed by atoms with van der Waals surface area (Å²) < 4.78 is 13.8. The first-order chi connectivity index (χ1) is 13.2. The number of aromatic nitrogens is 2. The van der Waals surface area contributed by atoms with Gasteiger partial charge < -0.3 is 14.9 Å². The van der Waals surface area contributed by atoms with Crippen LogP contribution in [-0.2, 0) is 0 Å². The fourth-order valence-corrected chi connectivity index (χ4v) is 4.24. The second-order valence-electron chi connectivity index (χ2n) is 7.84. The standard InChI is InChI=1S/C19H23FN4O3S/c1-19(2,3)14-11-23(8-5-9-24(14)18(26)27)17-22-10-13(28-17)15(25)12-6-4-7-21-16(12)20/h4,6-7,10,14H,5,8-9,11H2,1-3H3,(H,26,27). The molecular weight excluding hydrogens is 383 g/mol. The number of carboxylic acid groups (broad SMARTS) is 1. The summed E-state index contributed by atoms with van der Waals surface area (Å²) >= 11 is 1.19. The number of anilines is 1. The van der Waals surface area contributed by atoms with Crippen molar-refractivity contribution in [1.29, 1.82) is 0 Å². The number of pyridine rings is 1. The predicted octanol–water partition coefficient (Wildman–Crippen LogP) is 3.51. The molecule has 150 valence electrons. The molecule has 0 saturated carbocycles. The summed E-state index contributed by atoms with van der Waals surface area (Å²) in [6.45, 7) is 7.61. The van der Waals surface area contributed by atoms with Crippen molar-refractivity contribution in [3.8, 4) is 0 Å². The molecule has 7 nitrogen and oxygen atoms in total. The van der Waals surface area contributed by atoms with Crippen molar-refractivity contribution < 1.29 is 19.1 Å². The summed E-state index contributed by atoms with van der Waals surface area (Å²) in [4.78, 5) is 36.0. The molecule has 1 aliphatic heterocycles. The summed E-state index contributed by atoms with van der Waals surface area (Å²) in [5.41, 5.74) is -0.339. The van der Waals surface area contributed by atoms with Crippen LogP contribution in [0.2, 0.25) is 0 Å². The topological polar surface area (TPSA) is 86.6 Å². The van der Waals surface area contributed by atoms with Crippen LogP contribution in [-0.4, -0.2) is 57.5 Å². The van der Waals surface area contributed by atoms with Gasteiger partial charge in [-0.1, -0.05) is 32.1 Å². The van der Waals surface area contributed by atoms with Gasteiger partial charge in [-0.05, 0) is 24.0 Å². The predicted molar refractivity (Wildman–Crippen MR) is 105 cm³/mol. The molecule has 0 aliphatic carbocycles. The van der Waals surface area contributed by atoms with Gasteiger partial charge >= 0.3 is 6.09 Å². The zero-order valence-electron chi connectivity index (χ0n) is 16.1. The number of carbonyl (C=O) groups excluding carboxylic acids is 1. The number of hydrogen-bond donors (Lipinski definition) is 1. The van der Waals surface area contributed by atoms with E-state index in [0.29, 0.717) is 36.1 Å². The maximum Gasteiger partial charge on any atom is 0.407 e. The quantitative estimate of drug-likeness (QED) is 0.620. The Kier molecular flexibility index (Phi) is 5.64. The molecule has 0 bridgehead atoms. The van der Waals surface area contributed by atoms with E-state index in [-0.39, 0.29) is 17.0 Å². The van der Waals surface area contributed by atoms with Gasteiger partial charge in [0, 0.05) is 25.8 Å². The van der Waals surface area contributed by atoms with Crippen molar-refractivity contribution >= 4 is 28.3 Å². The highest BCUT2D eigenvalue weighted by atomic mass is 32.1. The monoisotopic (exact) mass is 406 g/mol. The number of rotatable bonds is 3. The highest BCUT2D eigenvalue weighted by molar-refractivity contribution is 7.17. The van der Waals surface area contributed by atoms with Crippen molar-refractivity contribution in [2.24, 2.45) is 5.41 Å². The lowest BCUT2D eigenvalue weighted by Gasteiger charge is -2.38. The molecule has 1 atom stereocenters. The lowest BCUT2D eigenvalue weighted by Crippen LogP contribution is -2.51. The molecule has 1 saturated heterocycles. The number of halogens is 1. The van der Waals surface area contributed by atoms with Crippen LogP contribution in [0.4, 0.5) is 14.3 Å². The minimum Gasteiger partial charge on any atom is -0.465 e. The van der Waals surface area contributed by atoms with Crippen LogP contribution < -0.4 is 4.90 Å². The Bertz CT molecular complexity index is 880. The first-order valence-corrected chi connectivity index (χ1v) is 9.85. The SMILES string of the molecule is CC(C)(C)C1CN(c2ncc(C(=O)c3cccnc3F)s2)CCCN1C(=O)O. The van der Waals surface area contributed by atoms with Crippen LogP contribution in [0.5, 0.6) is 0 Å². The van der Waals surface area contributed by atoms with Gasteiger partial charge in [0.05, 0.1) is 22.7 Å². The van der Waals surface area contributed by atoms with E-state index in [2.05, 4.69) is 9.97 Å². The van der Waals surface area contributed by atoms with Crippen LogP contribution >= 0.6 is 11.3 Å². The molecule has 3 rings (SSSR count). The molecule has 0 spiro atoms. The van der Waals surface area contributed by atoms with Crippen molar-refractivity contribution in [3.05, 3.63) is 40.9 Å². The van der Waals surface area contributed by atoms with Crippen LogP contribution in [0.1, 0.15) is 42.4 Å². The summed E-state index contributed by atoms with van der Waals surface area (Å²) in [6, 6.07) is 2.70. The Labute approximate surface area is 166 Å². The van der Waals surface area contributed by atoms with Gasteiger partial charge in [0.25, 0.3) is 0 Å². The maximum absolute atomic E-state index is 13.8. The van der Waals surface area contributed by atoms with E-state index < -0.39 is 17.8 Å². The Balaban J connectivity index is 1.85. The molecule has 3 heterocycles. The molecule has 2 aromatic heterocycles. The molecular formula is C19H23FN4O3S. The molecule has 1 aliphatic rings. The molecule has 9 heteroatoms. The van der Waals surface area contributed by atoms with Gasteiger partial charge in [-0.25, -0.2) is 14.8 Å². The van der Waals surface area contributed by atoms with Gasteiger partial charge in [0.1, 0.15) is 0 Å². The Hall–Kier alpha value is -2.55. The second-order valence-corrected chi connectivity index (χ2v) is 8.84. The van der Waals surface area contributed by atoms with E-state index in [0.717, 1.165) is 0 Å². The molecule has 1 amide bonds. The van der Waals surface area contributed by atoms with Crippen molar-refractivity contribution in [2.45, 2.75) is 33.2 Å². The summed E-state index contributed by atoms with van der Waals surface area (Å²) in [7, 11) is 0. The Morgan fingerprint density at radius 1 is 1.29 bits per heavy atom. The third-order valence-corrected chi connectivity index (χ3v) is 5.89. The highest BCUT2D eigenvalue weighted by Crippen LogP contribution is 2.32. The van der Waals surface area contributed by atoms with Crippen LogP contribution in [0, 0.1) is 11.4 Å². The largest absolute Gasteiger partial charge is 0.465 e. The second kappa shape index (κ2) is 7.83. The van der Waals surface area contributed by atoms with Crippen molar-refractivity contribution in [3.63, 3.8) is 0 Å². The Morgan fingerprint density at radius 2 is 2.04 bits per heavy atom. The Morgan fingerprint density at radius 3 is 2.68 bits per heavy atom. The van der Waals surface area contributed by atoms with Crippen molar-refractivity contribution in [1.82, 2.24) is 14.9 Å². The smallest absolute Gasteiger partial charge is 0.407 e. The first-order valence-electron chi connectivity index (χ1n) is 9.04. The van der Waals surface area contributed by atoms with E-state index in [1.807, 2.05) is 25.7 Å². The van der Waals surface area contributed by atoms with E-state index >= 15 is 0 Å². The molecule has 0 radical (unpaired) electrons. The van der Waals surface area contributed by atoms with Gasteiger partial charge in [0.15, 0.2) is 5.13 Å². The van der Waals surface area contributed by atoms with E-state index in [1.54, 1.807) is 0 Å². The van der Waals surface area contributed by atoms with E-state index in [1.165, 1.54) is 40.8 Å². The molecule has 1 fully saturated rings. The molecule has 1 N–H and O–H groups in total. The fourth-order valence-electron chi connectivity index (χ4n) is 3.33.